The standard InChI is InChI=1S/C14H18ClN3O3/c1-9-4-5-10(15)8-11(9)17-14(21)13(20)16-7-6-12(19)18(2)3/h4-5,8H,6-7H2,1-3H3,(H,16,20)(H,17,21). The van der Waals surface area contributed by atoms with E-state index in [0.29, 0.717) is 10.7 Å². The first-order valence-corrected chi connectivity index (χ1v) is 6.74. The summed E-state index contributed by atoms with van der Waals surface area (Å²) < 4.78 is 0. The third-order valence-electron chi connectivity index (χ3n) is 2.78. The van der Waals surface area contributed by atoms with Crippen LogP contribution in [0.1, 0.15) is 12.0 Å². The molecule has 0 heterocycles. The van der Waals surface area contributed by atoms with Gasteiger partial charge >= 0.3 is 11.8 Å². The lowest BCUT2D eigenvalue weighted by atomic mass is 10.2. The Hall–Kier alpha value is -2.08. The number of hydrogen-bond acceptors (Lipinski definition) is 3. The van der Waals surface area contributed by atoms with Gasteiger partial charge in [0.05, 0.1) is 0 Å². The van der Waals surface area contributed by atoms with Gasteiger partial charge in [0.1, 0.15) is 0 Å². The highest BCUT2D eigenvalue weighted by Gasteiger charge is 2.15. The van der Waals surface area contributed by atoms with Crippen LogP contribution >= 0.6 is 11.6 Å². The van der Waals surface area contributed by atoms with Crippen LogP contribution in [-0.4, -0.2) is 43.3 Å². The number of amides is 3. The van der Waals surface area contributed by atoms with Gasteiger partial charge in [-0.05, 0) is 24.6 Å². The maximum absolute atomic E-state index is 11.7. The molecule has 1 rings (SSSR count). The van der Waals surface area contributed by atoms with Crippen molar-refractivity contribution in [2.45, 2.75) is 13.3 Å². The number of aryl methyl sites for hydroxylation is 1. The largest absolute Gasteiger partial charge is 0.349 e. The monoisotopic (exact) mass is 311 g/mol. The Morgan fingerprint density at radius 1 is 1.19 bits per heavy atom. The average Bonchev–Trinajstić information content (AvgIpc) is 2.42. The van der Waals surface area contributed by atoms with E-state index in [-0.39, 0.29) is 18.9 Å². The molecule has 0 aliphatic heterocycles. The lowest BCUT2D eigenvalue weighted by molar-refractivity contribution is -0.136. The van der Waals surface area contributed by atoms with E-state index in [1.807, 2.05) is 0 Å². The van der Waals surface area contributed by atoms with Crippen molar-refractivity contribution in [3.63, 3.8) is 0 Å². The fourth-order valence-corrected chi connectivity index (χ4v) is 1.67. The van der Waals surface area contributed by atoms with Crippen molar-refractivity contribution in [3.05, 3.63) is 28.8 Å². The zero-order valence-electron chi connectivity index (χ0n) is 12.2. The number of hydrogen-bond donors (Lipinski definition) is 2. The van der Waals surface area contributed by atoms with Crippen LogP contribution in [0.15, 0.2) is 18.2 Å². The maximum Gasteiger partial charge on any atom is 0.313 e. The Kier molecular flexibility index (Phi) is 6.17. The Labute approximate surface area is 128 Å². The quantitative estimate of drug-likeness (QED) is 0.820. The molecule has 21 heavy (non-hydrogen) atoms. The van der Waals surface area contributed by atoms with E-state index in [4.69, 9.17) is 11.6 Å². The molecule has 1 aromatic carbocycles. The molecule has 0 bridgehead atoms. The molecule has 0 saturated carbocycles. The third-order valence-corrected chi connectivity index (χ3v) is 3.01. The van der Waals surface area contributed by atoms with Crippen molar-refractivity contribution in [2.24, 2.45) is 0 Å². The second-order valence-electron chi connectivity index (χ2n) is 4.71. The van der Waals surface area contributed by atoms with Crippen molar-refractivity contribution in [3.8, 4) is 0 Å². The van der Waals surface area contributed by atoms with Crippen molar-refractivity contribution in [2.75, 3.05) is 26.0 Å². The smallest absolute Gasteiger partial charge is 0.313 e. The summed E-state index contributed by atoms with van der Waals surface area (Å²) >= 11 is 5.83. The maximum atomic E-state index is 11.7. The molecule has 0 aromatic heterocycles. The number of carbonyl (C=O) groups is 3. The predicted molar refractivity (Wildman–Crippen MR) is 81.1 cm³/mol. The van der Waals surface area contributed by atoms with Crippen LogP contribution in [0.5, 0.6) is 0 Å². The number of halogens is 1. The molecule has 2 N–H and O–H groups in total. The van der Waals surface area contributed by atoms with Crippen LogP contribution in [0, 0.1) is 6.92 Å². The minimum atomic E-state index is -0.794. The molecule has 0 unspecified atom stereocenters. The van der Waals surface area contributed by atoms with Crippen LogP contribution in [-0.2, 0) is 14.4 Å². The van der Waals surface area contributed by atoms with E-state index in [9.17, 15) is 14.4 Å². The summed E-state index contributed by atoms with van der Waals surface area (Å²) in [6.07, 6.45) is 0.141. The molecular weight excluding hydrogens is 294 g/mol. The zero-order chi connectivity index (χ0) is 16.0. The summed E-state index contributed by atoms with van der Waals surface area (Å²) in [5, 5.41) is 5.34. The first kappa shape index (κ1) is 17.0. The van der Waals surface area contributed by atoms with Crippen LogP contribution in [0.4, 0.5) is 5.69 Å². The number of benzene rings is 1. The third kappa shape index (κ3) is 5.43. The number of carbonyl (C=O) groups excluding carboxylic acids is 3. The predicted octanol–water partition coefficient (Wildman–Crippen LogP) is 1.18. The normalized spacial score (nSPS) is 9.90. The van der Waals surface area contributed by atoms with E-state index in [0.717, 1.165) is 5.56 Å². The van der Waals surface area contributed by atoms with Crippen LogP contribution < -0.4 is 10.6 Å². The number of nitrogens with zero attached hydrogens (tertiary/aromatic N) is 1. The highest BCUT2D eigenvalue weighted by Crippen LogP contribution is 2.19. The summed E-state index contributed by atoms with van der Waals surface area (Å²) in [7, 11) is 3.25. The van der Waals surface area contributed by atoms with Crippen molar-refractivity contribution < 1.29 is 14.4 Å². The van der Waals surface area contributed by atoms with Crippen LogP contribution in [0.25, 0.3) is 0 Å². The lowest BCUT2D eigenvalue weighted by Crippen LogP contribution is -2.37. The minimum Gasteiger partial charge on any atom is -0.349 e. The molecule has 7 heteroatoms. The highest BCUT2D eigenvalue weighted by molar-refractivity contribution is 6.40. The first-order chi connectivity index (χ1) is 9.81. The second-order valence-corrected chi connectivity index (χ2v) is 5.14. The Balaban J connectivity index is 2.50. The lowest BCUT2D eigenvalue weighted by Gasteiger charge is -2.11. The first-order valence-electron chi connectivity index (χ1n) is 6.36. The topological polar surface area (TPSA) is 78.5 Å². The van der Waals surface area contributed by atoms with Crippen LogP contribution in [0.3, 0.4) is 0 Å². The SMILES string of the molecule is Cc1ccc(Cl)cc1NC(=O)C(=O)NCCC(=O)N(C)C. The molecule has 3 amide bonds. The Morgan fingerprint density at radius 2 is 1.86 bits per heavy atom. The average molecular weight is 312 g/mol. The molecule has 0 aliphatic rings. The number of rotatable bonds is 4. The van der Waals surface area contributed by atoms with Gasteiger partial charge in [0, 0.05) is 37.8 Å². The molecule has 0 radical (unpaired) electrons. The number of nitrogens with one attached hydrogen (secondary N) is 2. The fraction of sp³-hybridized carbons (Fsp3) is 0.357. The van der Waals surface area contributed by atoms with E-state index in [1.165, 1.54) is 4.90 Å². The summed E-state index contributed by atoms with van der Waals surface area (Å²) in [5.41, 5.74) is 1.27. The molecule has 0 fully saturated rings. The van der Waals surface area contributed by atoms with Gasteiger partial charge < -0.3 is 15.5 Å². The second kappa shape index (κ2) is 7.64. The fourth-order valence-electron chi connectivity index (χ4n) is 1.49. The summed E-state index contributed by atoms with van der Waals surface area (Å²) in [5.74, 6) is -1.71. The van der Waals surface area contributed by atoms with Crippen molar-refractivity contribution in [1.29, 1.82) is 0 Å². The van der Waals surface area contributed by atoms with Gasteiger partial charge in [-0.3, -0.25) is 14.4 Å². The van der Waals surface area contributed by atoms with Crippen molar-refractivity contribution in [1.82, 2.24) is 10.2 Å². The van der Waals surface area contributed by atoms with Gasteiger partial charge in [-0.1, -0.05) is 17.7 Å². The van der Waals surface area contributed by atoms with E-state index >= 15 is 0 Å². The van der Waals surface area contributed by atoms with Gasteiger partial charge in [0.2, 0.25) is 5.91 Å². The molecule has 6 nitrogen and oxygen atoms in total. The molecule has 0 spiro atoms. The summed E-state index contributed by atoms with van der Waals surface area (Å²) in [4.78, 5) is 36.1. The molecule has 0 atom stereocenters. The van der Waals surface area contributed by atoms with Gasteiger partial charge in [-0.2, -0.15) is 0 Å². The number of anilines is 1. The summed E-state index contributed by atoms with van der Waals surface area (Å²) in [6, 6.07) is 5.00. The zero-order valence-corrected chi connectivity index (χ0v) is 13.0. The van der Waals surface area contributed by atoms with Crippen molar-refractivity contribution >= 4 is 35.0 Å². The molecule has 1 aromatic rings. The summed E-state index contributed by atoms with van der Waals surface area (Å²) in [6.45, 7) is 1.90. The van der Waals surface area contributed by atoms with Gasteiger partial charge in [0.25, 0.3) is 0 Å². The van der Waals surface area contributed by atoms with E-state index in [1.54, 1.807) is 39.2 Å². The molecule has 114 valence electrons. The van der Waals surface area contributed by atoms with Crippen LogP contribution in [0.2, 0.25) is 5.02 Å². The van der Waals surface area contributed by atoms with E-state index in [2.05, 4.69) is 10.6 Å². The Bertz CT molecular complexity index is 558. The molecular formula is C14H18ClN3O3. The minimum absolute atomic E-state index is 0.109. The van der Waals surface area contributed by atoms with Gasteiger partial charge in [0.15, 0.2) is 0 Å². The van der Waals surface area contributed by atoms with Gasteiger partial charge in [-0.15, -0.1) is 0 Å². The molecule has 0 aliphatic carbocycles. The van der Waals surface area contributed by atoms with Gasteiger partial charge in [-0.25, -0.2) is 0 Å². The van der Waals surface area contributed by atoms with E-state index < -0.39 is 11.8 Å². The molecule has 0 saturated heterocycles. The Morgan fingerprint density at radius 3 is 2.48 bits per heavy atom. The highest BCUT2D eigenvalue weighted by atomic mass is 35.5.